The minimum absolute atomic E-state index is 0.256. The fourth-order valence-electron chi connectivity index (χ4n) is 6.98. The Labute approximate surface area is 252 Å². The summed E-state index contributed by atoms with van der Waals surface area (Å²) in [6, 6.07) is 11.5. The molecule has 3 aliphatic rings. The van der Waals surface area contributed by atoms with E-state index in [0.29, 0.717) is 23.5 Å². The van der Waals surface area contributed by atoms with E-state index in [4.69, 9.17) is 14.7 Å². The lowest BCUT2D eigenvalue weighted by Gasteiger charge is -2.38. The van der Waals surface area contributed by atoms with E-state index in [0.717, 1.165) is 86.7 Å². The molecule has 1 aromatic carbocycles. The minimum atomic E-state index is -3.82. The molecular weight excluding hydrogens is 567 g/mol. The van der Waals surface area contributed by atoms with Gasteiger partial charge in [0.25, 0.3) is 10.0 Å². The van der Waals surface area contributed by atoms with Crippen molar-refractivity contribution in [2.24, 2.45) is 0 Å². The second-order valence-corrected chi connectivity index (χ2v) is 14.8. The van der Waals surface area contributed by atoms with E-state index in [1.165, 1.54) is 22.4 Å². The molecule has 0 atom stereocenters. The maximum atomic E-state index is 13.8. The van der Waals surface area contributed by atoms with Crippen molar-refractivity contribution in [1.82, 2.24) is 23.7 Å². The number of fused-ring (bicyclic) bond motifs is 1. The van der Waals surface area contributed by atoms with Crippen LogP contribution in [0.3, 0.4) is 0 Å². The standard InChI is InChI=1S/C32H39N5O3S2/c1-35-13-11-24(12-14-35)32-34-30(22-41-32)29-21-37(42(38,39)27-5-3-2-4-6-27)31-28(29)19-25(20-33-31)23-7-9-26(10-8-23)36-15-17-40-18-16-36/h2-6,19-24,26H,7-18H2,1H3. The molecule has 0 spiro atoms. The van der Waals surface area contributed by atoms with Crippen LogP contribution in [0.25, 0.3) is 22.3 Å². The maximum absolute atomic E-state index is 13.8. The Balaban J connectivity index is 1.24. The second-order valence-electron chi connectivity index (χ2n) is 12.1. The summed E-state index contributed by atoms with van der Waals surface area (Å²) in [7, 11) is -1.65. The van der Waals surface area contributed by atoms with Gasteiger partial charge in [0.15, 0.2) is 5.65 Å². The number of ether oxygens (including phenoxy) is 1. The number of likely N-dealkylation sites (tertiary alicyclic amines) is 1. The first-order chi connectivity index (χ1) is 20.5. The number of pyridine rings is 1. The van der Waals surface area contributed by atoms with Crippen molar-refractivity contribution in [2.75, 3.05) is 46.4 Å². The van der Waals surface area contributed by atoms with Gasteiger partial charge in [0.05, 0.1) is 28.8 Å². The predicted octanol–water partition coefficient (Wildman–Crippen LogP) is 5.56. The van der Waals surface area contributed by atoms with Gasteiger partial charge in [-0.3, -0.25) is 4.90 Å². The lowest BCUT2D eigenvalue weighted by molar-refractivity contribution is 0.00729. The van der Waals surface area contributed by atoms with Gasteiger partial charge in [-0.2, -0.15) is 0 Å². The van der Waals surface area contributed by atoms with Crippen LogP contribution in [0.1, 0.15) is 60.9 Å². The fraction of sp³-hybridized carbons (Fsp3) is 0.500. The Morgan fingerprint density at radius 3 is 2.40 bits per heavy atom. The molecule has 5 heterocycles. The summed E-state index contributed by atoms with van der Waals surface area (Å²) in [4.78, 5) is 15.2. The molecule has 2 saturated heterocycles. The zero-order valence-corrected chi connectivity index (χ0v) is 25.8. The smallest absolute Gasteiger partial charge is 0.269 e. The normalized spacial score (nSPS) is 23.5. The summed E-state index contributed by atoms with van der Waals surface area (Å²) in [6.07, 6.45) is 10.4. The molecule has 2 aliphatic heterocycles. The van der Waals surface area contributed by atoms with Gasteiger partial charge in [0.2, 0.25) is 0 Å². The summed E-state index contributed by atoms with van der Waals surface area (Å²) < 4.78 is 34.6. The van der Waals surface area contributed by atoms with Crippen LogP contribution in [-0.2, 0) is 14.8 Å². The van der Waals surface area contributed by atoms with Gasteiger partial charge >= 0.3 is 0 Å². The first-order valence-corrected chi connectivity index (χ1v) is 17.6. The Morgan fingerprint density at radius 2 is 1.67 bits per heavy atom. The van der Waals surface area contributed by atoms with E-state index >= 15 is 0 Å². The highest BCUT2D eigenvalue weighted by atomic mass is 32.2. The average Bonchev–Trinajstić information content (AvgIpc) is 3.68. The van der Waals surface area contributed by atoms with Crippen molar-refractivity contribution in [3.05, 3.63) is 64.7 Å². The van der Waals surface area contributed by atoms with Crippen LogP contribution < -0.4 is 0 Å². The third-order valence-corrected chi connectivity index (χ3v) is 12.2. The highest BCUT2D eigenvalue weighted by molar-refractivity contribution is 7.90. The number of aromatic nitrogens is 3. The van der Waals surface area contributed by atoms with E-state index in [1.54, 1.807) is 41.8 Å². The van der Waals surface area contributed by atoms with Crippen molar-refractivity contribution in [3.8, 4) is 11.3 Å². The molecule has 0 N–H and O–H groups in total. The Bertz CT molecular complexity index is 1630. The van der Waals surface area contributed by atoms with Crippen LogP contribution in [0.15, 0.2) is 59.1 Å². The van der Waals surface area contributed by atoms with E-state index in [-0.39, 0.29) is 4.90 Å². The van der Waals surface area contributed by atoms with E-state index in [2.05, 4.69) is 28.3 Å². The molecule has 7 rings (SSSR count). The number of rotatable bonds is 6. The Hall–Kier alpha value is -2.63. The van der Waals surface area contributed by atoms with Gasteiger partial charge in [0, 0.05) is 53.8 Å². The number of nitrogens with zero attached hydrogens (tertiary/aromatic N) is 5. The lowest BCUT2D eigenvalue weighted by Crippen LogP contribution is -2.44. The molecule has 0 radical (unpaired) electrons. The van der Waals surface area contributed by atoms with Crippen LogP contribution in [0.5, 0.6) is 0 Å². The van der Waals surface area contributed by atoms with Crippen molar-refractivity contribution in [1.29, 1.82) is 0 Å². The van der Waals surface area contributed by atoms with Crippen LogP contribution in [0.2, 0.25) is 0 Å². The van der Waals surface area contributed by atoms with Gasteiger partial charge in [-0.25, -0.2) is 22.4 Å². The zero-order chi connectivity index (χ0) is 28.7. The number of hydrogen-bond acceptors (Lipinski definition) is 8. The Morgan fingerprint density at radius 1 is 0.929 bits per heavy atom. The van der Waals surface area contributed by atoms with E-state index in [1.807, 2.05) is 12.3 Å². The molecule has 222 valence electrons. The number of hydrogen-bond donors (Lipinski definition) is 0. The van der Waals surface area contributed by atoms with Gasteiger partial charge in [0.1, 0.15) is 0 Å². The molecule has 1 saturated carbocycles. The quantitative estimate of drug-likeness (QED) is 0.285. The minimum Gasteiger partial charge on any atom is -0.379 e. The van der Waals surface area contributed by atoms with Crippen LogP contribution in [0.4, 0.5) is 0 Å². The number of morpholine rings is 1. The second kappa shape index (κ2) is 11.8. The number of thiazole rings is 1. The molecular formula is C32H39N5O3S2. The fourth-order valence-corrected chi connectivity index (χ4v) is 9.32. The maximum Gasteiger partial charge on any atom is 0.269 e. The van der Waals surface area contributed by atoms with Crippen LogP contribution in [-0.4, -0.2) is 84.6 Å². The summed E-state index contributed by atoms with van der Waals surface area (Å²) in [6.45, 7) is 5.89. The topological polar surface area (TPSA) is 80.6 Å². The van der Waals surface area contributed by atoms with Crippen LogP contribution >= 0.6 is 11.3 Å². The third-order valence-electron chi connectivity index (χ3n) is 9.53. The largest absolute Gasteiger partial charge is 0.379 e. The lowest BCUT2D eigenvalue weighted by atomic mass is 9.81. The highest BCUT2D eigenvalue weighted by Crippen LogP contribution is 2.40. The molecule has 0 unspecified atom stereocenters. The molecule has 3 aromatic heterocycles. The first-order valence-electron chi connectivity index (χ1n) is 15.2. The van der Waals surface area contributed by atoms with Gasteiger partial charge in [-0.1, -0.05) is 18.2 Å². The summed E-state index contributed by atoms with van der Waals surface area (Å²) >= 11 is 1.70. The summed E-state index contributed by atoms with van der Waals surface area (Å²) in [5.41, 5.74) is 3.35. The molecule has 3 fully saturated rings. The first kappa shape index (κ1) is 28.2. The van der Waals surface area contributed by atoms with E-state index < -0.39 is 10.0 Å². The molecule has 0 amide bonds. The summed E-state index contributed by atoms with van der Waals surface area (Å²) in [5, 5.41) is 4.11. The number of piperidine rings is 1. The Kier molecular flexibility index (Phi) is 7.92. The monoisotopic (exact) mass is 605 g/mol. The average molecular weight is 606 g/mol. The predicted molar refractivity (Wildman–Crippen MR) is 167 cm³/mol. The van der Waals surface area contributed by atoms with Crippen LogP contribution in [0, 0.1) is 0 Å². The molecule has 0 bridgehead atoms. The van der Waals surface area contributed by atoms with Crippen molar-refractivity contribution in [3.63, 3.8) is 0 Å². The van der Waals surface area contributed by atoms with Gasteiger partial charge in [-0.15, -0.1) is 11.3 Å². The molecule has 4 aromatic rings. The molecule has 42 heavy (non-hydrogen) atoms. The molecule has 8 nitrogen and oxygen atoms in total. The SMILES string of the molecule is CN1CCC(c2nc(-c3cn(S(=O)(=O)c4ccccc4)c4ncc(C5CCC(N6CCOCC6)CC5)cc34)cs2)CC1. The summed E-state index contributed by atoms with van der Waals surface area (Å²) in [5.74, 6) is 0.878. The van der Waals surface area contributed by atoms with E-state index in [9.17, 15) is 8.42 Å². The zero-order valence-electron chi connectivity index (χ0n) is 24.2. The highest BCUT2D eigenvalue weighted by Gasteiger charge is 2.30. The molecule has 10 heteroatoms. The van der Waals surface area contributed by atoms with Gasteiger partial charge < -0.3 is 9.64 Å². The van der Waals surface area contributed by atoms with Crippen molar-refractivity contribution >= 4 is 32.4 Å². The molecule has 1 aliphatic carbocycles. The number of benzene rings is 1. The van der Waals surface area contributed by atoms with Gasteiger partial charge in [-0.05, 0) is 88.3 Å². The third kappa shape index (κ3) is 5.43. The van der Waals surface area contributed by atoms with Crippen molar-refractivity contribution < 1.29 is 13.2 Å². The van der Waals surface area contributed by atoms with Crippen molar-refractivity contribution in [2.45, 2.75) is 61.3 Å².